The van der Waals surface area contributed by atoms with Gasteiger partial charge in [-0.2, -0.15) is 0 Å². The Morgan fingerprint density at radius 2 is 2.19 bits per heavy atom. The molecule has 0 aliphatic carbocycles. The minimum absolute atomic E-state index is 0.336. The lowest BCUT2D eigenvalue weighted by Crippen LogP contribution is -2.08. The maximum Gasteiger partial charge on any atom is 0.0726 e. The number of benzene rings is 1. The second-order valence-electron chi connectivity index (χ2n) is 4.32. The lowest BCUT2D eigenvalue weighted by molar-refractivity contribution is 0.0471. The Balaban J connectivity index is 2.65. The highest BCUT2D eigenvalue weighted by Gasteiger charge is 2.04. The first kappa shape index (κ1) is 13.0. The van der Waals surface area contributed by atoms with Crippen molar-refractivity contribution < 1.29 is 4.74 Å². The second kappa shape index (κ2) is 6.49. The van der Waals surface area contributed by atoms with Gasteiger partial charge in [0.05, 0.1) is 12.7 Å². The third kappa shape index (κ3) is 3.82. The van der Waals surface area contributed by atoms with Crippen molar-refractivity contribution in [1.82, 2.24) is 0 Å². The predicted molar refractivity (Wildman–Crippen MR) is 70.4 cm³/mol. The molecule has 1 atom stereocenters. The van der Waals surface area contributed by atoms with Gasteiger partial charge in [-0.3, -0.25) is 0 Å². The van der Waals surface area contributed by atoms with E-state index < -0.39 is 0 Å². The van der Waals surface area contributed by atoms with Gasteiger partial charge in [0.2, 0.25) is 0 Å². The van der Waals surface area contributed by atoms with Crippen LogP contribution in [0.15, 0.2) is 24.8 Å². The maximum absolute atomic E-state index is 5.82. The zero-order valence-electron chi connectivity index (χ0n) is 10.6. The molecular weight excluding hydrogens is 196 g/mol. The van der Waals surface area contributed by atoms with Gasteiger partial charge in [-0.25, -0.2) is 0 Å². The zero-order valence-corrected chi connectivity index (χ0v) is 10.6. The molecule has 0 aliphatic rings. The van der Waals surface area contributed by atoms with Gasteiger partial charge < -0.3 is 4.74 Å². The molecule has 1 rings (SSSR count). The summed E-state index contributed by atoms with van der Waals surface area (Å²) < 4.78 is 5.82. The fourth-order valence-electron chi connectivity index (χ4n) is 1.78. The van der Waals surface area contributed by atoms with Crippen LogP contribution in [-0.4, -0.2) is 6.10 Å². The Bertz CT molecular complexity index is 341. The fraction of sp³-hybridized carbons (Fsp3) is 0.467. The van der Waals surface area contributed by atoms with Crippen molar-refractivity contribution in [2.24, 2.45) is 0 Å². The fourth-order valence-corrected chi connectivity index (χ4v) is 1.78. The van der Waals surface area contributed by atoms with E-state index in [4.69, 9.17) is 4.74 Å². The van der Waals surface area contributed by atoms with Crippen molar-refractivity contribution in [2.75, 3.05) is 0 Å². The maximum atomic E-state index is 5.82. The van der Waals surface area contributed by atoms with E-state index in [0.717, 1.165) is 6.42 Å². The first-order valence-corrected chi connectivity index (χ1v) is 6.01. The number of ether oxygens (including phenoxy) is 1. The summed E-state index contributed by atoms with van der Waals surface area (Å²) in [5.41, 5.74) is 3.68. The van der Waals surface area contributed by atoms with Crippen LogP contribution < -0.4 is 0 Å². The highest BCUT2D eigenvalue weighted by atomic mass is 16.5. The number of hydrogen-bond donors (Lipinski definition) is 0. The Hall–Kier alpha value is -1.08. The van der Waals surface area contributed by atoms with E-state index in [-0.39, 0.29) is 0 Å². The molecule has 0 saturated carbocycles. The summed E-state index contributed by atoms with van der Waals surface area (Å²) in [4.78, 5) is 0. The lowest BCUT2D eigenvalue weighted by atomic mass is 10.1. The van der Waals surface area contributed by atoms with Crippen LogP contribution in [0.4, 0.5) is 0 Å². The smallest absolute Gasteiger partial charge is 0.0726 e. The monoisotopic (exact) mass is 218 g/mol. The van der Waals surface area contributed by atoms with Gasteiger partial charge in [0, 0.05) is 0 Å². The van der Waals surface area contributed by atoms with Gasteiger partial charge in [-0.05, 0) is 31.4 Å². The van der Waals surface area contributed by atoms with Crippen LogP contribution in [0, 0.1) is 6.92 Å². The normalized spacial score (nSPS) is 12.4. The summed E-state index contributed by atoms with van der Waals surface area (Å²) in [5.74, 6) is 0. The molecule has 0 saturated heterocycles. The Morgan fingerprint density at radius 3 is 2.81 bits per heavy atom. The Labute approximate surface area is 99.1 Å². The molecule has 0 heterocycles. The first-order chi connectivity index (χ1) is 7.67. The highest BCUT2D eigenvalue weighted by Crippen LogP contribution is 2.15. The summed E-state index contributed by atoms with van der Waals surface area (Å²) >= 11 is 0. The highest BCUT2D eigenvalue weighted by molar-refractivity contribution is 5.52. The van der Waals surface area contributed by atoms with E-state index in [0.29, 0.717) is 12.7 Å². The van der Waals surface area contributed by atoms with E-state index in [2.05, 4.69) is 45.5 Å². The third-order valence-electron chi connectivity index (χ3n) is 2.74. The molecule has 1 aromatic rings. The number of aryl methyl sites for hydroxylation is 1. The van der Waals surface area contributed by atoms with E-state index in [1.165, 1.54) is 23.1 Å². The molecule has 0 aliphatic heterocycles. The average molecular weight is 218 g/mol. The number of rotatable bonds is 6. The minimum atomic E-state index is 0.336. The van der Waals surface area contributed by atoms with Crippen molar-refractivity contribution in [3.63, 3.8) is 0 Å². The van der Waals surface area contributed by atoms with Gasteiger partial charge in [0.25, 0.3) is 0 Å². The molecule has 0 spiro atoms. The summed E-state index contributed by atoms with van der Waals surface area (Å²) in [6.45, 7) is 10.9. The van der Waals surface area contributed by atoms with Crippen molar-refractivity contribution >= 4 is 6.08 Å². The summed E-state index contributed by atoms with van der Waals surface area (Å²) in [7, 11) is 0. The van der Waals surface area contributed by atoms with Crippen molar-refractivity contribution in [3.8, 4) is 0 Å². The lowest BCUT2D eigenvalue weighted by Gasteiger charge is -2.13. The standard InChI is InChI=1S/C15H22O/c1-5-7-13(4)16-11-15-10-12(3)8-9-14(15)6-2/h6,8-10,13H,2,5,7,11H2,1,3-4H3. The molecule has 1 heteroatoms. The molecule has 88 valence electrons. The van der Waals surface area contributed by atoms with E-state index in [9.17, 15) is 0 Å². The summed E-state index contributed by atoms with van der Waals surface area (Å²) in [6.07, 6.45) is 4.52. The van der Waals surface area contributed by atoms with Gasteiger partial charge in [0.1, 0.15) is 0 Å². The van der Waals surface area contributed by atoms with E-state index in [1.54, 1.807) is 0 Å². The van der Waals surface area contributed by atoms with Crippen molar-refractivity contribution in [3.05, 3.63) is 41.5 Å². The zero-order chi connectivity index (χ0) is 12.0. The van der Waals surface area contributed by atoms with Crippen LogP contribution in [0.25, 0.3) is 6.08 Å². The molecule has 0 amide bonds. The minimum Gasteiger partial charge on any atom is -0.374 e. The molecule has 1 aromatic carbocycles. The molecule has 0 N–H and O–H groups in total. The van der Waals surface area contributed by atoms with Gasteiger partial charge in [0.15, 0.2) is 0 Å². The average Bonchev–Trinajstić information content (AvgIpc) is 2.27. The third-order valence-corrected chi connectivity index (χ3v) is 2.74. The van der Waals surface area contributed by atoms with Gasteiger partial charge in [-0.15, -0.1) is 0 Å². The predicted octanol–water partition coefficient (Wildman–Crippen LogP) is 4.34. The largest absolute Gasteiger partial charge is 0.374 e. The van der Waals surface area contributed by atoms with Gasteiger partial charge >= 0.3 is 0 Å². The topological polar surface area (TPSA) is 9.23 Å². The van der Waals surface area contributed by atoms with Crippen LogP contribution >= 0.6 is 0 Å². The van der Waals surface area contributed by atoms with Gasteiger partial charge in [-0.1, -0.05) is 49.8 Å². The summed E-state index contributed by atoms with van der Waals surface area (Å²) in [5, 5.41) is 0. The molecule has 0 aromatic heterocycles. The summed E-state index contributed by atoms with van der Waals surface area (Å²) in [6, 6.07) is 6.39. The molecule has 1 nitrogen and oxygen atoms in total. The number of hydrogen-bond acceptors (Lipinski definition) is 1. The molecule has 0 fully saturated rings. The SMILES string of the molecule is C=Cc1ccc(C)cc1COC(C)CCC. The molecule has 0 radical (unpaired) electrons. The quantitative estimate of drug-likeness (QED) is 0.690. The Kier molecular flexibility index (Phi) is 5.27. The Morgan fingerprint density at radius 1 is 1.44 bits per heavy atom. The molecule has 1 unspecified atom stereocenters. The first-order valence-electron chi connectivity index (χ1n) is 6.01. The van der Waals surface area contributed by atoms with Crippen LogP contribution in [-0.2, 0) is 11.3 Å². The second-order valence-corrected chi connectivity index (χ2v) is 4.32. The molecule has 0 bridgehead atoms. The molecular formula is C15H22O. The van der Waals surface area contributed by atoms with Crippen LogP contribution in [0.2, 0.25) is 0 Å². The van der Waals surface area contributed by atoms with Crippen molar-refractivity contribution in [2.45, 2.75) is 46.3 Å². The van der Waals surface area contributed by atoms with Crippen LogP contribution in [0.3, 0.4) is 0 Å². The van der Waals surface area contributed by atoms with Crippen LogP contribution in [0.1, 0.15) is 43.4 Å². The van der Waals surface area contributed by atoms with E-state index >= 15 is 0 Å². The van der Waals surface area contributed by atoms with Crippen molar-refractivity contribution in [1.29, 1.82) is 0 Å². The van der Waals surface area contributed by atoms with E-state index in [1.807, 2.05) is 6.08 Å². The van der Waals surface area contributed by atoms with Crippen LogP contribution in [0.5, 0.6) is 0 Å². The molecule has 16 heavy (non-hydrogen) atoms.